The molecule has 3 nitrogen and oxygen atoms in total. The van der Waals surface area contributed by atoms with Crippen LogP contribution in [0.5, 0.6) is 0 Å². The maximum absolute atomic E-state index is 9.86. The van der Waals surface area contributed by atoms with Gasteiger partial charge in [0.05, 0.1) is 15.6 Å². The summed E-state index contributed by atoms with van der Waals surface area (Å²) in [6, 6.07) is 20.6. The van der Waals surface area contributed by atoms with E-state index in [1.807, 2.05) is 42.5 Å². The number of hydrogen-bond acceptors (Lipinski definition) is 3. The van der Waals surface area contributed by atoms with Crippen LogP contribution in [0.25, 0.3) is 37.5 Å². The van der Waals surface area contributed by atoms with E-state index in [-0.39, 0.29) is 0 Å². The third-order valence-electron chi connectivity index (χ3n) is 4.39. The lowest BCUT2D eigenvalue weighted by Gasteiger charge is -1.99. The first-order valence-corrected chi connectivity index (χ1v) is 9.36. The smallest absolute Gasteiger partial charge is 0.137 e. The monoisotopic (exact) mass is 403 g/mol. The predicted octanol–water partition coefficient (Wildman–Crippen LogP) is 5.13. The summed E-state index contributed by atoms with van der Waals surface area (Å²) in [5.41, 5.74) is 2.53. The largest absolute Gasteiger partial charge is 0.353 e. The maximum atomic E-state index is 9.86. The average molecular weight is 404 g/mol. The molecule has 25 heavy (non-hydrogen) atoms. The summed E-state index contributed by atoms with van der Waals surface area (Å²) < 4.78 is 2.14. The Bertz CT molecular complexity index is 1340. The molecule has 0 unspecified atom stereocenters. The number of thiazole rings is 1. The second-order valence-electron chi connectivity index (χ2n) is 5.80. The van der Waals surface area contributed by atoms with Crippen LogP contribution in [-0.4, -0.2) is 9.97 Å². The molecule has 0 fully saturated rings. The van der Waals surface area contributed by atoms with Crippen molar-refractivity contribution in [2.75, 3.05) is 0 Å². The second kappa shape index (κ2) is 5.41. The van der Waals surface area contributed by atoms with Gasteiger partial charge in [-0.3, -0.25) is 0 Å². The van der Waals surface area contributed by atoms with Gasteiger partial charge in [0, 0.05) is 20.8 Å². The normalized spacial score (nSPS) is 12.8. The van der Waals surface area contributed by atoms with Gasteiger partial charge < -0.3 is 4.98 Å². The third kappa shape index (κ3) is 2.12. The van der Waals surface area contributed by atoms with Crippen LogP contribution in [0.1, 0.15) is 5.01 Å². The standard InChI is InChI=1S/C20H10BrN3S/c21-14-8-9-16-18-11(14)4-3-5-12(18)19(23-16)13(10-22)20-24-15-6-1-2-7-17(15)25-20/h1-9,23H/b19-13+. The molecular formula is C20H10BrN3S. The minimum Gasteiger partial charge on any atom is -0.353 e. The van der Waals surface area contributed by atoms with Crippen LogP contribution >= 0.6 is 27.3 Å². The van der Waals surface area contributed by atoms with Crippen molar-refractivity contribution in [3.05, 3.63) is 69.4 Å². The minimum absolute atomic E-state index is 0.584. The Morgan fingerprint density at radius 1 is 1.04 bits per heavy atom. The lowest BCUT2D eigenvalue weighted by molar-refractivity contribution is 1.35. The van der Waals surface area contributed by atoms with E-state index in [0.29, 0.717) is 5.57 Å². The van der Waals surface area contributed by atoms with Crippen LogP contribution in [0.2, 0.25) is 0 Å². The van der Waals surface area contributed by atoms with Gasteiger partial charge in [-0.05, 0) is 29.7 Å². The molecule has 5 rings (SSSR count). The van der Waals surface area contributed by atoms with E-state index in [4.69, 9.17) is 0 Å². The van der Waals surface area contributed by atoms with Crippen molar-refractivity contribution in [1.82, 2.24) is 9.97 Å². The molecule has 0 bridgehead atoms. The van der Waals surface area contributed by atoms with E-state index in [1.54, 1.807) is 11.3 Å². The fourth-order valence-corrected chi connectivity index (χ4v) is 4.70. The topological polar surface area (TPSA) is 52.5 Å². The van der Waals surface area contributed by atoms with Crippen molar-refractivity contribution in [1.29, 1.82) is 5.26 Å². The van der Waals surface area contributed by atoms with Crippen LogP contribution in [0.4, 0.5) is 0 Å². The molecule has 3 aromatic carbocycles. The molecule has 5 aromatic rings. The zero-order chi connectivity index (χ0) is 17.0. The van der Waals surface area contributed by atoms with Gasteiger partial charge in [0.15, 0.2) is 0 Å². The van der Waals surface area contributed by atoms with Crippen molar-refractivity contribution in [3.63, 3.8) is 0 Å². The van der Waals surface area contributed by atoms with Gasteiger partial charge in [-0.25, -0.2) is 4.98 Å². The van der Waals surface area contributed by atoms with E-state index in [1.165, 1.54) is 0 Å². The summed E-state index contributed by atoms with van der Waals surface area (Å²) in [5, 5.41) is 14.8. The number of halogens is 1. The Morgan fingerprint density at radius 2 is 1.88 bits per heavy atom. The summed E-state index contributed by atoms with van der Waals surface area (Å²) >= 11 is 5.16. The van der Waals surface area contributed by atoms with Crippen LogP contribution in [0, 0.1) is 11.3 Å². The molecule has 0 radical (unpaired) electrons. The Kier molecular flexibility index (Phi) is 3.17. The first-order valence-electron chi connectivity index (χ1n) is 7.75. The van der Waals surface area contributed by atoms with Crippen molar-refractivity contribution in [2.45, 2.75) is 0 Å². The molecule has 0 aliphatic rings. The van der Waals surface area contributed by atoms with Crippen molar-refractivity contribution in [2.24, 2.45) is 0 Å². The number of para-hydroxylation sites is 1. The fourth-order valence-electron chi connectivity index (χ4n) is 3.27. The highest BCUT2D eigenvalue weighted by molar-refractivity contribution is 9.10. The number of nitrogens with zero attached hydrogens (tertiary/aromatic N) is 2. The summed E-state index contributed by atoms with van der Waals surface area (Å²) in [4.78, 5) is 8.09. The summed E-state index contributed by atoms with van der Waals surface area (Å²) in [6.45, 7) is 0. The Balaban J connectivity index is 1.94. The molecule has 0 saturated carbocycles. The van der Waals surface area contributed by atoms with Gasteiger partial charge in [0.1, 0.15) is 16.6 Å². The zero-order valence-electron chi connectivity index (χ0n) is 12.9. The molecule has 0 atom stereocenters. The molecular weight excluding hydrogens is 394 g/mol. The Hall–Kier alpha value is -2.68. The van der Waals surface area contributed by atoms with Crippen LogP contribution < -0.4 is 5.35 Å². The van der Waals surface area contributed by atoms with E-state index in [0.717, 1.165) is 46.7 Å². The number of nitrogens with one attached hydrogen (secondary N) is 1. The lowest BCUT2D eigenvalue weighted by atomic mass is 10.1. The molecule has 118 valence electrons. The number of nitriles is 1. The van der Waals surface area contributed by atoms with Crippen molar-refractivity contribution >= 4 is 64.7 Å². The van der Waals surface area contributed by atoms with Crippen molar-refractivity contribution < 1.29 is 0 Å². The zero-order valence-corrected chi connectivity index (χ0v) is 15.3. The fraction of sp³-hybridized carbons (Fsp3) is 0. The molecule has 0 amide bonds. The minimum atomic E-state index is 0.584. The van der Waals surface area contributed by atoms with Crippen LogP contribution in [0.3, 0.4) is 0 Å². The average Bonchev–Trinajstić information content (AvgIpc) is 3.22. The first-order chi connectivity index (χ1) is 12.3. The Labute approximate surface area is 155 Å². The highest BCUT2D eigenvalue weighted by atomic mass is 79.9. The van der Waals surface area contributed by atoms with Crippen LogP contribution in [-0.2, 0) is 0 Å². The molecule has 2 heterocycles. The highest BCUT2D eigenvalue weighted by Gasteiger charge is 2.14. The van der Waals surface area contributed by atoms with E-state index < -0.39 is 0 Å². The summed E-state index contributed by atoms with van der Waals surface area (Å²) in [6.07, 6.45) is 0. The van der Waals surface area contributed by atoms with Crippen LogP contribution in [0.15, 0.2) is 59.1 Å². The molecule has 5 heteroatoms. The van der Waals surface area contributed by atoms with E-state index in [9.17, 15) is 5.26 Å². The molecule has 0 aliphatic heterocycles. The predicted molar refractivity (Wildman–Crippen MR) is 106 cm³/mol. The second-order valence-corrected chi connectivity index (χ2v) is 7.68. The first kappa shape index (κ1) is 14.6. The molecule has 0 aliphatic carbocycles. The van der Waals surface area contributed by atoms with Gasteiger partial charge >= 0.3 is 0 Å². The van der Waals surface area contributed by atoms with E-state index >= 15 is 0 Å². The van der Waals surface area contributed by atoms with Gasteiger partial charge in [0.2, 0.25) is 0 Å². The molecule has 2 aromatic heterocycles. The maximum Gasteiger partial charge on any atom is 0.137 e. The third-order valence-corrected chi connectivity index (χ3v) is 6.13. The molecule has 0 saturated heterocycles. The SMILES string of the molecule is N#C/C(c1nc2ccccc2s1)=c1\[nH]c2ccc(Br)c3cccc1c23. The van der Waals surface area contributed by atoms with Gasteiger partial charge in [-0.2, -0.15) is 5.26 Å². The van der Waals surface area contributed by atoms with Gasteiger partial charge in [0.25, 0.3) is 0 Å². The molecule has 1 N–H and O–H groups in total. The number of H-pyrrole nitrogens is 1. The van der Waals surface area contributed by atoms with Gasteiger partial charge in [-0.15, -0.1) is 11.3 Å². The number of aromatic nitrogens is 2. The summed E-state index contributed by atoms with van der Waals surface area (Å²) in [5.74, 6) is 0. The number of hydrogen-bond donors (Lipinski definition) is 1. The van der Waals surface area contributed by atoms with Crippen molar-refractivity contribution in [3.8, 4) is 6.07 Å². The number of rotatable bonds is 1. The quantitative estimate of drug-likeness (QED) is 0.421. The number of benzene rings is 3. The van der Waals surface area contributed by atoms with Gasteiger partial charge in [-0.1, -0.05) is 46.3 Å². The highest BCUT2D eigenvalue weighted by Crippen LogP contribution is 2.31. The lowest BCUT2D eigenvalue weighted by Crippen LogP contribution is -2.07. The number of fused-ring (bicyclic) bond motifs is 1. The Morgan fingerprint density at radius 3 is 2.72 bits per heavy atom. The van der Waals surface area contributed by atoms with E-state index in [2.05, 4.69) is 44.1 Å². The summed E-state index contributed by atoms with van der Waals surface area (Å²) in [7, 11) is 0. The number of aromatic amines is 1. The molecule has 0 spiro atoms.